The molecule has 0 aromatic rings. The Hall–Kier alpha value is -0.0400. The Balaban J connectivity index is 3.18. The second-order valence-corrected chi connectivity index (χ2v) is 7.50. The lowest BCUT2D eigenvalue weighted by Gasteiger charge is -2.23. The summed E-state index contributed by atoms with van der Waals surface area (Å²) >= 11 is 0. The average molecular weight is 270 g/mol. The molecule has 0 rings (SSSR count). The van der Waals surface area contributed by atoms with Gasteiger partial charge in [-0.25, -0.2) is 0 Å². The van der Waals surface area contributed by atoms with Crippen molar-refractivity contribution in [2.75, 3.05) is 0 Å². The highest BCUT2D eigenvalue weighted by atomic mass is 14.6. The zero-order valence-electron chi connectivity index (χ0n) is 14.1. The van der Waals surface area contributed by atoms with Crippen LogP contribution in [0.3, 0.4) is 0 Å². The molecule has 0 saturated heterocycles. The highest BCUT2D eigenvalue weighted by molar-refractivity contribution is 4.71. The minimum absolute atomic E-state index is 0.387. The van der Waals surface area contributed by atoms with Crippen molar-refractivity contribution in [3.8, 4) is 0 Å². The molecule has 0 bridgehead atoms. The van der Waals surface area contributed by atoms with Crippen molar-refractivity contribution in [2.24, 2.45) is 11.1 Å². The van der Waals surface area contributed by atoms with E-state index in [-0.39, 0.29) is 0 Å². The third-order valence-corrected chi connectivity index (χ3v) is 3.80. The van der Waals surface area contributed by atoms with Gasteiger partial charge in [-0.2, -0.15) is 0 Å². The van der Waals surface area contributed by atoms with Crippen molar-refractivity contribution in [3.05, 3.63) is 0 Å². The van der Waals surface area contributed by atoms with Gasteiger partial charge in [0.25, 0.3) is 0 Å². The third kappa shape index (κ3) is 15.9. The first-order valence-corrected chi connectivity index (χ1v) is 8.71. The number of unbranched alkanes of at least 4 members (excludes halogenated alkanes) is 9. The zero-order valence-corrected chi connectivity index (χ0v) is 14.1. The molecule has 0 aromatic carbocycles. The normalized spacial score (nSPS) is 13.7. The fourth-order valence-electron chi connectivity index (χ4n) is 2.78. The van der Waals surface area contributed by atoms with Gasteiger partial charge >= 0.3 is 0 Å². The summed E-state index contributed by atoms with van der Waals surface area (Å²) in [4.78, 5) is 0. The maximum atomic E-state index is 6.17. The van der Waals surface area contributed by atoms with Crippen LogP contribution in [0.25, 0.3) is 0 Å². The first-order chi connectivity index (χ1) is 8.95. The smallest absolute Gasteiger partial charge is 0.00438 e. The molecule has 0 amide bonds. The van der Waals surface area contributed by atoms with Crippen molar-refractivity contribution in [3.63, 3.8) is 0 Å². The van der Waals surface area contributed by atoms with E-state index in [0.29, 0.717) is 11.5 Å². The lowest BCUT2D eigenvalue weighted by Crippen LogP contribution is -2.26. The van der Waals surface area contributed by atoms with E-state index in [1.165, 1.54) is 70.6 Å². The monoisotopic (exact) mass is 269 g/mol. The summed E-state index contributed by atoms with van der Waals surface area (Å²) in [5.41, 5.74) is 6.56. The molecule has 116 valence electrons. The van der Waals surface area contributed by atoms with Crippen molar-refractivity contribution in [1.82, 2.24) is 0 Å². The molecular weight excluding hydrogens is 230 g/mol. The minimum Gasteiger partial charge on any atom is -0.328 e. The molecule has 19 heavy (non-hydrogen) atoms. The van der Waals surface area contributed by atoms with Gasteiger partial charge in [-0.05, 0) is 18.3 Å². The Morgan fingerprint density at radius 2 is 1.16 bits per heavy atom. The van der Waals surface area contributed by atoms with Crippen molar-refractivity contribution < 1.29 is 0 Å². The van der Waals surface area contributed by atoms with Crippen LogP contribution >= 0.6 is 0 Å². The predicted octanol–water partition coefficient (Wildman–Crippen LogP) is 6.06. The number of rotatable bonds is 12. The topological polar surface area (TPSA) is 26.0 Å². The quantitative estimate of drug-likeness (QED) is 0.428. The number of nitrogens with two attached hydrogens (primary N) is 1. The van der Waals surface area contributed by atoms with Crippen LogP contribution in [-0.4, -0.2) is 6.04 Å². The molecule has 2 N–H and O–H groups in total. The summed E-state index contributed by atoms with van der Waals surface area (Å²) < 4.78 is 0. The summed E-state index contributed by atoms with van der Waals surface area (Å²) in [6.07, 6.45) is 16.5. The Morgan fingerprint density at radius 3 is 1.58 bits per heavy atom. The summed E-state index contributed by atoms with van der Waals surface area (Å²) in [7, 11) is 0. The van der Waals surface area contributed by atoms with Gasteiger partial charge in [0.15, 0.2) is 0 Å². The van der Waals surface area contributed by atoms with Crippen LogP contribution in [0.1, 0.15) is 105 Å². The Morgan fingerprint density at radius 1 is 0.737 bits per heavy atom. The SMILES string of the molecule is CCCCCCCCCCCCC(N)CC(C)(C)C. The van der Waals surface area contributed by atoms with E-state index in [0.717, 1.165) is 6.42 Å². The molecule has 0 aliphatic carbocycles. The molecule has 0 radical (unpaired) electrons. The van der Waals surface area contributed by atoms with Gasteiger partial charge in [-0.1, -0.05) is 91.9 Å². The maximum Gasteiger partial charge on any atom is 0.00438 e. The van der Waals surface area contributed by atoms with Crippen LogP contribution in [0, 0.1) is 5.41 Å². The summed E-state index contributed by atoms with van der Waals surface area (Å²) in [5, 5.41) is 0. The van der Waals surface area contributed by atoms with E-state index in [9.17, 15) is 0 Å². The van der Waals surface area contributed by atoms with Gasteiger partial charge in [-0.15, -0.1) is 0 Å². The Labute approximate surface area is 122 Å². The van der Waals surface area contributed by atoms with Gasteiger partial charge < -0.3 is 5.73 Å². The fourth-order valence-corrected chi connectivity index (χ4v) is 2.78. The second kappa shape index (κ2) is 11.8. The molecule has 0 saturated carbocycles. The Bertz CT molecular complexity index is 181. The van der Waals surface area contributed by atoms with Gasteiger partial charge in [0.1, 0.15) is 0 Å². The molecular formula is C18H39N. The van der Waals surface area contributed by atoms with Gasteiger partial charge in [0.2, 0.25) is 0 Å². The van der Waals surface area contributed by atoms with Gasteiger partial charge in [0.05, 0.1) is 0 Å². The molecule has 1 unspecified atom stereocenters. The molecule has 0 heterocycles. The third-order valence-electron chi connectivity index (χ3n) is 3.80. The summed E-state index contributed by atoms with van der Waals surface area (Å²) in [5.74, 6) is 0. The van der Waals surface area contributed by atoms with Crippen molar-refractivity contribution in [2.45, 2.75) is 111 Å². The second-order valence-electron chi connectivity index (χ2n) is 7.50. The van der Waals surface area contributed by atoms with E-state index < -0.39 is 0 Å². The molecule has 1 nitrogen and oxygen atoms in total. The maximum absolute atomic E-state index is 6.17. The standard InChI is InChI=1S/C18H39N/c1-5-6-7-8-9-10-11-12-13-14-15-17(19)16-18(2,3)4/h17H,5-16,19H2,1-4H3. The molecule has 0 aliphatic heterocycles. The van der Waals surface area contributed by atoms with Gasteiger partial charge in [0, 0.05) is 6.04 Å². The van der Waals surface area contributed by atoms with Crippen molar-refractivity contribution in [1.29, 1.82) is 0 Å². The highest BCUT2D eigenvalue weighted by Gasteiger charge is 2.14. The summed E-state index contributed by atoms with van der Waals surface area (Å²) in [6.45, 7) is 9.13. The molecule has 0 fully saturated rings. The number of hydrogen-bond donors (Lipinski definition) is 1. The van der Waals surface area contributed by atoms with Crippen LogP contribution in [0.15, 0.2) is 0 Å². The first-order valence-electron chi connectivity index (χ1n) is 8.71. The fraction of sp³-hybridized carbons (Fsp3) is 1.00. The van der Waals surface area contributed by atoms with E-state index in [1.54, 1.807) is 0 Å². The largest absolute Gasteiger partial charge is 0.328 e. The van der Waals surface area contributed by atoms with Crippen LogP contribution in [0.4, 0.5) is 0 Å². The molecule has 0 spiro atoms. The average Bonchev–Trinajstić information content (AvgIpc) is 2.29. The highest BCUT2D eigenvalue weighted by Crippen LogP contribution is 2.22. The van der Waals surface area contributed by atoms with Crippen LogP contribution in [-0.2, 0) is 0 Å². The zero-order chi connectivity index (χ0) is 14.6. The minimum atomic E-state index is 0.387. The van der Waals surface area contributed by atoms with Crippen molar-refractivity contribution >= 4 is 0 Å². The lowest BCUT2D eigenvalue weighted by atomic mass is 9.86. The van der Waals surface area contributed by atoms with E-state index in [1.807, 2.05) is 0 Å². The lowest BCUT2D eigenvalue weighted by molar-refractivity contribution is 0.326. The predicted molar refractivity (Wildman–Crippen MR) is 88.5 cm³/mol. The van der Waals surface area contributed by atoms with Crippen LogP contribution < -0.4 is 5.73 Å². The van der Waals surface area contributed by atoms with Crippen LogP contribution in [0.5, 0.6) is 0 Å². The molecule has 0 aliphatic rings. The van der Waals surface area contributed by atoms with E-state index in [2.05, 4.69) is 27.7 Å². The van der Waals surface area contributed by atoms with Crippen LogP contribution in [0.2, 0.25) is 0 Å². The van der Waals surface area contributed by atoms with Gasteiger partial charge in [-0.3, -0.25) is 0 Å². The summed E-state index contributed by atoms with van der Waals surface area (Å²) in [6, 6.07) is 0.411. The van der Waals surface area contributed by atoms with E-state index >= 15 is 0 Å². The van der Waals surface area contributed by atoms with E-state index in [4.69, 9.17) is 5.73 Å². The Kier molecular flexibility index (Phi) is 11.7. The number of hydrogen-bond acceptors (Lipinski definition) is 1. The first kappa shape index (κ1) is 19.0. The molecule has 1 atom stereocenters. The molecule has 0 aromatic heterocycles. The molecule has 1 heteroatoms.